The topological polar surface area (TPSA) is 38.3 Å². The second-order valence-electron chi connectivity index (χ2n) is 5.28. The third kappa shape index (κ3) is 6.63. The molecule has 2 aromatic rings. The Bertz CT molecular complexity index is 727. The fourth-order valence-electron chi connectivity index (χ4n) is 1.99. The summed E-state index contributed by atoms with van der Waals surface area (Å²) < 4.78 is 5.58. The Morgan fingerprint density at radius 2 is 1.88 bits per heavy atom. The lowest BCUT2D eigenvalue weighted by Gasteiger charge is -2.15. The molecule has 0 saturated carbocycles. The number of hydrogen-bond acceptors (Lipinski definition) is 3. The van der Waals surface area contributed by atoms with Crippen molar-refractivity contribution >= 4 is 52.5 Å². The normalized spacial score (nSPS) is 11.8. The smallest absolute Gasteiger partial charge is 0.260 e. The molecule has 1 amide bonds. The summed E-state index contributed by atoms with van der Waals surface area (Å²) in [5, 5.41) is 4.44. The molecule has 0 saturated heterocycles. The van der Waals surface area contributed by atoms with Crippen LogP contribution >= 0.6 is 46.6 Å². The van der Waals surface area contributed by atoms with Gasteiger partial charge in [0.1, 0.15) is 5.75 Å². The van der Waals surface area contributed by atoms with E-state index in [1.165, 1.54) is 0 Å². The average Bonchev–Trinajstić information content (AvgIpc) is 2.59. The van der Waals surface area contributed by atoms with Gasteiger partial charge in [-0.05, 0) is 36.8 Å². The van der Waals surface area contributed by atoms with E-state index < -0.39 is 6.10 Å². The van der Waals surface area contributed by atoms with E-state index in [4.69, 9.17) is 39.5 Å². The number of hydrogen-bond donors (Lipinski definition) is 1. The number of carbonyl (C=O) groups is 1. The highest BCUT2D eigenvalue weighted by molar-refractivity contribution is 7.98. The van der Waals surface area contributed by atoms with Crippen LogP contribution < -0.4 is 10.1 Å². The Hall–Kier alpha value is -1.07. The van der Waals surface area contributed by atoms with Crippen molar-refractivity contribution in [2.45, 2.75) is 18.8 Å². The Morgan fingerprint density at radius 3 is 2.60 bits per heavy atom. The quantitative estimate of drug-likeness (QED) is 0.578. The number of ether oxygens (including phenoxy) is 1. The van der Waals surface area contributed by atoms with Gasteiger partial charge in [0.2, 0.25) is 0 Å². The highest BCUT2D eigenvalue weighted by Crippen LogP contribution is 2.25. The minimum absolute atomic E-state index is 0.171. The first-order valence-corrected chi connectivity index (χ1v) is 9.97. The van der Waals surface area contributed by atoms with Crippen LogP contribution in [0.25, 0.3) is 0 Å². The van der Waals surface area contributed by atoms with Gasteiger partial charge in [-0.15, -0.1) is 0 Å². The molecule has 7 heteroatoms. The molecule has 0 spiro atoms. The summed E-state index contributed by atoms with van der Waals surface area (Å²) in [5.41, 5.74) is 1.10. The molecule has 0 aromatic heterocycles. The standard InChI is InChI=1S/C18H18Cl3NO2S/c1-12(24-17-5-3-2-4-15(17)20)18(23)22-8-9-25-11-13-6-7-14(19)16(21)10-13/h2-7,10,12H,8-9,11H2,1H3,(H,22,23). The number of nitrogens with one attached hydrogen (secondary N) is 1. The summed E-state index contributed by atoms with van der Waals surface area (Å²) in [6.07, 6.45) is -0.611. The zero-order chi connectivity index (χ0) is 18.2. The van der Waals surface area contributed by atoms with E-state index in [-0.39, 0.29) is 5.91 Å². The molecule has 0 aliphatic carbocycles. The van der Waals surface area contributed by atoms with Crippen molar-refractivity contribution in [3.05, 3.63) is 63.1 Å². The minimum Gasteiger partial charge on any atom is -0.479 e. The molecule has 0 aliphatic rings. The van der Waals surface area contributed by atoms with Gasteiger partial charge in [-0.25, -0.2) is 0 Å². The molecule has 1 N–H and O–H groups in total. The van der Waals surface area contributed by atoms with E-state index in [2.05, 4.69) is 5.32 Å². The number of carbonyl (C=O) groups excluding carboxylic acids is 1. The molecule has 0 heterocycles. The highest BCUT2D eigenvalue weighted by atomic mass is 35.5. The maximum absolute atomic E-state index is 12.1. The number of halogens is 3. The summed E-state index contributed by atoms with van der Waals surface area (Å²) in [6, 6.07) is 12.7. The lowest BCUT2D eigenvalue weighted by molar-refractivity contribution is -0.127. The minimum atomic E-state index is -0.611. The Kier molecular flexibility index (Phi) is 8.24. The first-order chi connectivity index (χ1) is 12.0. The van der Waals surface area contributed by atoms with Gasteiger partial charge in [0.05, 0.1) is 15.1 Å². The third-order valence-corrected chi connectivity index (χ3v) is 5.39. The Labute approximate surface area is 167 Å². The molecule has 0 radical (unpaired) electrons. The maximum Gasteiger partial charge on any atom is 0.260 e. The van der Waals surface area contributed by atoms with Crippen molar-refractivity contribution < 1.29 is 9.53 Å². The summed E-state index contributed by atoms with van der Waals surface area (Å²) >= 11 is 19.6. The van der Waals surface area contributed by atoms with Crippen molar-refractivity contribution in [1.82, 2.24) is 5.32 Å². The second-order valence-corrected chi connectivity index (χ2v) is 7.61. The molecule has 1 atom stereocenters. The van der Waals surface area contributed by atoms with Gasteiger partial charge in [0.25, 0.3) is 5.91 Å². The van der Waals surface area contributed by atoms with E-state index in [1.54, 1.807) is 36.9 Å². The fraction of sp³-hybridized carbons (Fsp3) is 0.278. The SMILES string of the molecule is CC(Oc1ccccc1Cl)C(=O)NCCSCc1ccc(Cl)c(Cl)c1. The van der Waals surface area contributed by atoms with Crippen LogP contribution in [0.2, 0.25) is 15.1 Å². The predicted octanol–water partition coefficient (Wildman–Crippen LogP) is 5.46. The van der Waals surface area contributed by atoms with Crippen LogP contribution in [0.1, 0.15) is 12.5 Å². The number of thioether (sulfide) groups is 1. The van der Waals surface area contributed by atoms with Crippen molar-refractivity contribution in [2.24, 2.45) is 0 Å². The molecule has 25 heavy (non-hydrogen) atoms. The molecule has 2 rings (SSSR count). The second kappa shape index (κ2) is 10.2. The van der Waals surface area contributed by atoms with Gasteiger partial charge in [-0.2, -0.15) is 11.8 Å². The number of rotatable bonds is 8. The monoisotopic (exact) mass is 417 g/mol. The van der Waals surface area contributed by atoms with Crippen LogP contribution in [0.5, 0.6) is 5.75 Å². The highest BCUT2D eigenvalue weighted by Gasteiger charge is 2.15. The molecule has 1 unspecified atom stereocenters. The van der Waals surface area contributed by atoms with Crippen LogP contribution in [0.4, 0.5) is 0 Å². The van der Waals surface area contributed by atoms with Crippen LogP contribution in [-0.4, -0.2) is 24.3 Å². The van der Waals surface area contributed by atoms with Crippen molar-refractivity contribution in [1.29, 1.82) is 0 Å². The fourth-order valence-corrected chi connectivity index (χ4v) is 3.30. The summed E-state index contributed by atoms with van der Waals surface area (Å²) in [5.74, 6) is 1.92. The van der Waals surface area contributed by atoms with Crippen LogP contribution in [0.15, 0.2) is 42.5 Å². The zero-order valence-electron chi connectivity index (χ0n) is 13.6. The van der Waals surface area contributed by atoms with E-state index in [1.807, 2.05) is 24.3 Å². The first kappa shape index (κ1) is 20.2. The van der Waals surface area contributed by atoms with Crippen molar-refractivity contribution in [3.8, 4) is 5.75 Å². The Morgan fingerprint density at radius 1 is 1.12 bits per heavy atom. The number of para-hydroxylation sites is 1. The van der Waals surface area contributed by atoms with Crippen LogP contribution in [0, 0.1) is 0 Å². The molecule has 0 bridgehead atoms. The molecular weight excluding hydrogens is 401 g/mol. The van der Waals surface area contributed by atoms with Crippen molar-refractivity contribution in [3.63, 3.8) is 0 Å². The first-order valence-electron chi connectivity index (χ1n) is 7.68. The lowest BCUT2D eigenvalue weighted by Crippen LogP contribution is -2.37. The summed E-state index contributed by atoms with van der Waals surface area (Å²) in [7, 11) is 0. The Balaban J connectivity index is 1.67. The van der Waals surface area contributed by atoms with Gasteiger partial charge >= 0.3 is 0 Å². The number of amides is 1. The maximum atomic E-state index is 12.1. The molecule has 0 fully saturated rings. The average molecular weight is 419 g/mol. The van der Waals surface area contributed by atoms with Gasteiger partial charge in [0.15, 0.2) is 6.10 Å². The molecule has 0 aliphatic heterocycles. The van der Waals surface area contributed by atoms with Gasteiger partial charge in [-0.1, -0.05) is 53.0 Å². The third-order valence-electron chi connectivity index (χ3n) is 3.31. The predicted molar refractivity (Wildman–Crippen MR) is 107 cm³/mol. The van der Waals surface area contributed by atoms with Gasteiger partial charge < -0.3 is 10.1 Å². The lowest BCUT2D eigenvalue weighted by atomic mass is 10.2. The largest absolute Gasteiger partial charge is 0.479 e. The van der Waals surface area contributed by atoms with E-state index >= 15 is 0 Å². The van der Waals surface area contributed by atoms with Gasteiger partial charge in [0, 0.05) is 18.1 Å². The van der Waals surface area contributed by atoms with Gasteiger partial charge in [-0.3, -0.25) is 4.79 Å². The zero-order valence-corrected chi connectivity index (χ0v) is 16.7. The summed E-state index contributed by atoms with van der Waals surface area (Å²) in [4.78, 5) is 12.1. The summed E-state index contributed by atoms with van der Waals surface area (Å²) in [6.45, 7) is 2.25. The van der Waals surface area contributed by atoms with E-state index in [9.17, 15) is 4.79 Å². The van der Waals surface area contributed by atoms with Crippen molar-refractivity contribution in [2.75, 3.05) is 12.3 Å². The van der Waals surface area contributed by atoms with E-state index in [0.717, 1.165) is 17.1 Å². The molecule has 3 nitrogen and oxygen atoms in total. The molecular formula is C18H18Cl3NO2S. The van der Waals surface area contributed by atoms with E-state index in [0.29, 0.717) is 27.4 Å². The molecule has 2 aromatic carbocycles. The van der Waals surface area contributed by atoms with Crippen LogP contribution in [0.3, 0.4) is 0 Å². The number of benzene rings is 2. The molecule has 134 valence electrons. The van der Waals surface area contributed by atoms with Crippen LogP contribution in [-0.2, 0) is 10.5 Å².